The van der Waals surface area contributed by atoms with Crippen molar-refractivity contribution in [2.24, 2.45) is 5.73 Å². The Morgan fingerprint density at radius 2 is 1.78 bits per heavy atom. The molecule has 0 saturated carbocycles. The fourth-order valence-electron chi connectivity index (χ4n) is 1.77. The summed E-state index contributed by atoms with van der Waals surface area (Å²) >= 11 is 0. The lowest BCUT2D eigenvalue weighted by molar-refractivity contribution is -0.142. The molecule has 4 heteroatoms. The lowest BCUT2D eigenvalue weighted by Crippen LogP contribution is -2.36. The van der Waals surface area contributed by atoms with Gasteiger partial charge in [0, 0.05) is 13.0 Å². The van der Waals surface area contributed by atoms with Crippen molar-refractivity contribution in [3.8, 4) is 0 Å². The maximum absolute atomic E-state index is 11.2. The molecule has 4 nitrogen and oxygen atoms in total. The van der Waals surface area contributed by atoms with Gasteiger partial charge in [0.1, 0.15) is 6.04 Å². The van der Waals surface area contributed by atoms with E-state index in [2.05, 4.69) is 0 Å². The first-order chi connectivity index (χ1) is 8.66. The molecule has 2 N–H and O–H groups in total. The van der Waals surface area contributed by atoms with E-state index in [1.165, 1.54) is 6.92 Å². The first-order valence-electron chi connectivity index (χ1n) is 5.82. The Morgan fingerprint density at radius 3 is 2.33 bits per heavy atom. The van der Waals surface area contributed by atoms with E-state index in [0.29, 0.717) is 0 Å². The van der Waals surface area contributed by atoms with E-state index in [-0.39, 0.29) is 18.1 Å². The smallest absolute Gasteiger partial charge is 0.329 e. The molecule has 0 bridgehead atoms. The van der Waals surface area contributed by atoms with E-state index < -0.39 is 0 Å². The number of hydrogen-bond donors (Lipinski definition) is 1. The fraction of sp³-hybridized carbons (Fsp3) is 0.214. The van der Waals surface area contributed by atoms with Gasteiger partial charge in [-0.25, -0.2) is 0 Å². The summed E-state index contributed by atoms with van der Waals surface area (Å²) in [6, 6.07) is 9.28. The molecule has 18 heavy (non-hydrogen) atoms. The number of anilines is 1. The van der Waals surface area contributed by atoms with Crippen LogP contribution in [0.4, 0.5) is 5.69 Å². The van der Waals surface area contributed by atoms with Gasteiger partial charge >= 0.3 is 5.97 Å². The van der Waals surface area contributed by atoms with Crippen LogP contribution in [0.25, 0.3) is 0 Å². The van der Waals surface area contributed by atoms with Crippen molar-refractivity contribution in [2.75, 3.05) is 5.06 Å². The molecule has 0 radical (unpaired) electrons. The van der Waals surface area contributed by atoms with Crippen LogP contribution in [-0.4, -0.2) is 18.1 Å². The van der Waals surface area contributed by atoms with Crippen LogP contribution in [0.2, 0.25) is 0 Å². The number of carbonyl (C=O) groups is 1. The summed E-state index contributed by atoms with van der Waals surface area (Å²) in [7, 11) is 0. The van der Waals surface area contributed by atoms with Gasteiger partial charge in [0.15, 0.2) is 0 Å². The Kier molecular flexibility index (Phi) is 3.79. The van der Waals surface area contributed by atoms with Crippen molar-refractivity contribution in [2.45, 2.75) is 19.0 Å². The summed E-state index contributed by atoms with van der Waals surface area (Å²) < 4.78 is 0. The van der Waals surface area contributed by atoms with Crippen LogP contribution in [0.3, 0.4) is 0 Å². The van der Waals surface area contributed by atoms with E-state index in [1.807, 2.05) is 54.6 Å². The SMILES string of the molecule is CC(=O)ON(c1ccccc1)C1C=CC(N)C=C1. The van der Waals surface area contributed by atoms with E-state index in [0.717, 1.165) is 5.69 Å². The molecule has 0 aromatic heterocycles. The zero-order valence-corrected chi connectivity index (χ0v) is 10.2. The van der Waals surface area contributed by atoms with Crippen molar-refractivity contribution in [3.05, 3.63) is 54.6 Å². The highest BCUT2D eigenvalue weighted by atomic mass is 16.7. The minimum atomic E-state index is -0.351. The minimum Gasteiger partial charge on any atom is -0.340 e. The van der Waals surface area contributed by atoms with Crippen molar-refractivity contribution in [1.82, 2.24) is 0 Å². The number of nitrogens with two attached hydrogens (primary N) is 1. The van der Waals surface area contributed by atoms with E-state index in [4.69, 9.17) is 10.6 Å². The molecule has 0 saturated heterocycles. The summed E-state index contributed by atoms with van der Waals surface area (Å²) in [4.78, 5) is 16.5. The quantitative estimate of drug-likeness (QED) is 0.650. The second-order valence-electron chi connectivity index (χ2n) is 4.08. The van der Waals surface area contributed by atoms with Crippen LogP contribution in [-0.2, 0) is 9.63 Å². The lowest BCUT2D eigenvalue weighted by Gasteiger charge is -2.29. The van der Waals surface area contributed by atoms with Gasteiger partial charge in [-0.1, -0.05) is 42.5 Å². The number of benzene rings is 1. The summed E-state index contributed by atoms with van der Waals surface area (Å²) in [5.74, 6) is -0.351. The van der Waals surface area contributed by atoms with Gasteiger partial charge in [-0.15, -0.1) is 0 Å². The summed E-state index contributed by atoms with van der Waals surface area (Å²) in [5.41, 5.74) is 6.56. The molecule has 0 amide bonds. The van der Waals surface area contributed by atoms with Gasteiger partial charge in [0.25, 0.3) is 0 Å². The van der Waals surface area contributed by atoms with Gasteiger partial charge < -0.3 is 10.6 Å². The van der Waals surface area contributed by atoms with Crippen LogP contribution in [0.1, 0.15) is 6.92 Å². The molecule has 1 aromatic rings. The molecule has 0 heterocycles. The Morgan fingerprint density at radius 1 is 1.17 bits per heavy atom. The second-order valence-corrected chi connectivity index (χ2v) is 4.08. The van der Waals surface area contributed by atoms with Crippen molar-refractivity contribution in [1.29, 1.82) is 0 Å². The van der Waals surface area contributed by atoms with Crippen LogP contribution >= 0.6 is 0 Å². The predicted octanol–water partition coefficient (Wildman–Crippen LogP) is 1.79. The number of nitrogens with zero attached hydrogens (tertiary/aromatic N) is 1. The Bertz CT molecular complexity index is 454. The maximum atomic E-state index is 11.2. The fourth-order valence-corrected chi connectivity index (χ4v) is 1.77. The average molecular weight is 244 g/mol. The van der Waals surface area contributed by atoms with E-state index in [1.54, 1.807) is 5.06 Å². The Hall–Kier alpha value is -2.07. The molecule has 0 aliphatic heterocycles. The van der Waals surface area contributed by atoms with Crippen LogP contribution < -0.4 is 10.8 Å². The van der Waals surface area contributed by atoms with Gasteiger partial charge in [-0.2, -0.15) is 5.06 Å². The zero-order chi connectivity index (χ0) is 13.0. The van der Waals surface area contributed by atoms with E-state index in [9.17, 15) is 4.79 Å². The summed E-state index contributed by atoms with van der Waals surface area (Å²) in [6.45, 7) is 1.39. The van der Waals surface area contributed by atoms with Crippen molar-refractivity contribution >= 4 is 11.7 Å². The van der Waals surface area contributed by atoms with Crippen LogP contribution in [0.15, 0.2) is 54.6 Å². The normalized spacial score (nSPS) is 21.7. The number of hydrogen-bond acceptors (Lipinski definition) is 4. The third-order valence-corrected chi connectivity index (χ3v) is 2.57. The Labute approximate surface area is 106 Å². The van der Waals surface area contributed by atoms with Crippen molar-refractivity contribution in [3.63, 3.8) is 0 Å². The van der Waals surface area contributed by atoms with Gasteiger partial charge in [-0.05, 0) is 12.1 Å². The number of hydroxylamine groups is 1. The molecule has 0 fully saturated rings. The molecular weight excluding hydrogens is 228 g/mol. The monoisotopic (exact) mass is 244 g/mol. The second kappa shape index (κ2) is 5.51. The third kappa shape index (κ3) is 2.99. The molecular formula is C14H16N2O2. The lowest BCUT2D eigenvalue weighted by atomic mass is 10.1. The maximum Gasteiger partial charge on any atom is 0.329 e. The highest BCUT2D eigenvalue weighted by Gasteiger charge is 2.19. The first-order valence-corrected chi connectivity index (χ1v) is 5.82. The van der Waals surface area contributed by atoms with Crippen LogP contribution in [0, 0.1) is 0 Å². The molecule has 1 aliphatic rings. The van der Waals surface area contributed by atoms with Gasteiger partial charge in [-0.3, -0.25) is 4.79 Å². The molecule has 1 aromatic carbocycles. The molecule has 1 aliphatic carbocycles. The molecule has 2 rings (SSSR count). The van der Waals surface area contributed by atoms with Crippen molar-refractivity contribution < 1.29 is 9.63 Å². The Balaban J connectivity index is 2.23. The molecule has 94 valence electrons. The summed E-state index contributed by atoms with van der Waals surface area (Å²) in [5, 5.41) is 1.57. The molecule has 0 unspecified atom stereocenters. The van der Waals surface area contributed by atoms with Gasteiger partial charge in [0.05, 0.1) is 5.69 Å². The highest BCUT2D eigenvalue weighted by molar-refractivity contribution is 5.68. The average Bonchev–Trinajstić information content (AvgIpc) is 2.38. The predicted molar refractivity (Wildman–Crippen MR) is 70.7 cm³/mol. The highest BCUT2D eigenvalue weighted by Crippen LogP contribution is 2.20. The number of rotatable bonds is 3. The minimum absolute atomic E-state index is 0.0730. The van der Waals surface area contributed by atoms with Crippen LogP contribution in [0.5, 0.6) is 0 Å². The molecule has 0 atom stereocenters. The third-order valence-electron chi connectivity index (χ3n) is 2.57. The van der Waals surface area contributed by atoms with Gasteiger partial charge in [0.2, 0.25) is 0 Å². The topological polar surface area (TPSA) is 55.6 Å². The number of carbonyl (C=O) groups excluding carboxylic acids is 1. The first kappa shape index (κ1) is 12.4. The van der Waals surface area contributed by atoms with E-state index >= 15 is 0 Å². The standard InChI is InChI=1S/C14H16N2O2/c1-11(17)18-16(13-5-3-2-4-6-13)14-9-7-12(15)8-10-14/h2-10,12,14H,15H2,1H3. The largest absolute Gasteiger partial charge is 0.340 e. The summed E-state index contributed by atoms with van der Waals surface area (Å²) in [6.07, 6.45) is 7.59. The number of para-hydroxylation sites is 1. The zero-order valence-electron chi connectivity index (χ0n) is 10.2. The molecule has 0 spiro atoms.